The van der Waals surface area contributed by atoms with Crippen molar-refractivity contribution in [1.29, 1.82) is 5.26 Å². The van der Waals surface area contributed by atoms with Crippen LogP contribution in [0.2, 0.25) is 0 Å². The second kappa shape index (κ2) is 12.1. The first-order valence-electron chi connectivity index (χ1n) is 15.4. The number of amides is 1. The van der Waals surface area contributed by atoms with Crippen molar-refractivity contribution in [2.75, 3.05) is 58.3 Å². The third-order valence-electron chi connectivity index (χ3n) is 10.2. The van der Waals surface area contributed by atoms with E-state index in [-0.39, 0.29) is 48.7 Å². The molecule has 11 heteroatoms. The summed E-state index contributed by atoms with van der Waals surface area (Å²) in [5.41, 5.74) is 0.283. The Morgan fingerprint density at radius 3 is 2.88 bits per heavy atom. The topological polar surface area (TPSA) is 96.3 Å². The summed E-state index contributed by atoms with van der Waals surface area (Å²) in [5.74, 6) is 0.146. The number of anilines is 1. The summed E-state index contributed by atoms with van der Waals surface area (Å²) in [4.78, 5) is 21.2. The minimum atomic E-state index is -0.505. The quantitative estimate of drug-likeness (QED) is 0.490. The van der Waals surface area contributed by atoms with Crippen LogP contribution < -0.4 is 20.3 Å². The summed E-state index contributed by atoms with van der Waals surface area (Å²) in [6.07, 6.45) is 6.00. The molecule has 6 rings (SSSR count). The van der Waals surface area contributed by atoms with Crippen molar-refractivity contribution in [3.05, 3.63) is 36.7 Å². The number of piperazine rings is 1. The SMILES string of the molecule is C=CC(=O)N1CCN(C2NC(OCC3CCCN3C)NC3C[C@]4(CCC32)CN(C)c2cccc(F)c2O4)CC1CC#N. The largest absolute Gasteiger partial charge is 0.480 e. The van der Waals surface area contributed by atoms with Gasteiger partial charge >= 0.3 is 0 Å². The highest BCUT2D eigenvalue weighted by molar-refractivity contribution is 5.87. The fourth-order valence-electron chi connectivity index (χ4n) is 7.96. The predicted octanol–water partition coefficient (Wildman–Crippen LogP) is 2.09. The van der Waals surface area contributed by atoms with Gasteiger partial charge in [0.05, 0.1) is 43.5 Å². The lowest BCUT2D eigenvalue weighted by Gasteiger charge is -2.56. The molecule has 2 N–H and O–H groups in total. The Bertz CT molecular complexity index is 1210. The molecule has 7 atom stereocenters. The van der Waals surface area contributed by atoms with Gasteiger partial charge in [0.2, 0.25) is 5.91 Å². The average Bonchev–Trinajstić information content (AvgIpc) is 3.40. The molecule has 1 saturated carbocycles. The Morgan fingerprint density at radius 2 is 2.12 bits per heavy atom. The van der Waals surface area contributed by atoms with Crippen LogP contribution in [0, 0.1) is 23.1 Å². The van der Waals surface area contributed by atoms with Gasteiger partial charge in [-0.2, -0.15) is 5.26 Å². The van der Waals surface area contributed by atoms with Crippen LogP contribution in [0.25, 0.3) is 0 Å². The van der Waals surface area contributed by atoms with Gasteiger partial charge < -0.3 is 24.2 Å². The minimum absolute atomic E-state index is 0.00688. The van der Waals surface area contributed by atoms with E-state index in [0.29, 0.717) is 44.6 Å². The number of likely N-dealkylation sites (N-methyl/N-ethyl adjacent to an activating group) is 2. The van der Waals surface area contributed by atoms with Crippen molar-refractivity contribution >= 4 is 11.6 Å². The van der Waals surface area contributed by atoms with E-state index in [1.54, 1.807) is 11.0 Å². The van der Waals surface area contributed by atoms with E-state index in [1.807, 2.05) is 13.1 Å². The molecule has 0 radical (unpaired) electrons. The van der Waals surface area contributed by atoms with Gasteiger partial charge in [-0.3, -0.25) is 20.3 Å². The molecule has 228 valence electrons. The van der Waals surface area contributed by atoms with Gasteiger partial charge in [0.25, 0.3) is 0 Å². The molecule has 4 fully saturated rings. The number of ether oxygens (including phenoxy) is 2. The van der Waals surface area contributed by atoms with Gasteiger partial charge in [-0.25, -0.2) is 4.39 Å². The van der Waals surface area contributed by atoms with Gasteiger partial charge in [0, 0.05) is 51.1 Å². The highest BCUT2D eigenvalue weighted by Crippen LogP contribution is 2.46. The van der Waals surface area contributed by atoms with E-state index >= 15 is 0 Å². The summed E-state index contributed by atoms with van der Waals surface area (Å²) in [7, 11) is 4.16. The molecule has 4 heterocycles. The number of nitrogens with one attached hydrogen (secondary N) is 2. The lowest BCUT2D eigenvalue weighted by molar-refractivity contribution is -0.139. The maximum atomic E-state index is 14.9. The van der Waals surface area contributed by atoms with Crippen LogP contribution in [0.1, 0.15) is 38.5 Å². The third kappa shape index (κ3) is 5.63. The molecule has 1 aliphatic carbocycles. The number of hydrogen-bond donors (Lipinski definition) is 2. The number of fused-ring (bicyclic) bond motifs is 2. The van der Waals surface area contributed by atoms with Gasteiger partial charge in [-0.05, 0) is 57.5 Å². The Hall–Kier alpha value is -2.75. The number of likely N-dealkylation sites (tertiary alicyclic amines) is 1. The summed E-state index contributed by atoms with van der Waals surface area (Å²) in [6.45, 7) is 7.93. The fraction of sp³-hybridized carbons (Fsp3) is 0.677. The smallest absolute Gasteiger partial charge is 0.246 e. The lowest BCUT2D eigenvalue weighted by atomic mass is 9.72. The average molecular weight is 582 g/mol. The molecular formula is C31H44FN7O3. The van der Waals surface area contributed by atoms with Crippen molar-refractivity contribution in [3.63, 3.8) is 0 Å². The maximum Gasteiger partial charge on any atom is 0.246 e. The molecular weight excluding hydrogens is 537 g/mol. The van der Waals surface area contributed by atoms with Crippen LogP contribution in [-0.2, 0) is 9.53 Å². The van der Waals surface area contributed by atoms with Gasteiger partial charge in [-0.1, -0.05) is 12.6 Å². The predicted molar refractivity (Wildman–Crippen MR) is 157 cm³/mol. The number of nitrogens with zero attached hydrogens (tertiary/aromatic N) is 5. The van der Waals surface area contributed by atoms with Crippen molar-refractivity contribution < 1.29 is 18.7 Å². The zero-order chi connectivity index (χ0) is 29.4. The zero-order valence-corrected chi connectivity index (χ0v) is 24.8. The Kier molecular flexibility index (Phi) is 8.44. The van der Waals surface area contributed by atoms with Crippen molar-refractivity contribution in [2.24, 2.45) is 5.92 Å². The van der Waals surface area contributed by atoms with E-state index in [2.05, 4.69) is 45.0 Å². The van der Waals surface area contributed by atoms with Crippen LogP contribution in [0.15, 0.2) is 30.9 Å². The number of halogens is 1. The highest BCUT2D eigenvalue weighted by Gasteiger charge is 2.52. The number of benzene rings is 1. The number of hydrogen-bond acceptors (Lipinski definition) is 9. The van der Waals surface area contributed by atoms with Gasteiger partial charge in [0.1, 0.15) is 5.60 Å². The monoisotopic (exact) mass is 581 g/mol. The Labute approximate surface area is 248 Å². The summed E-state index contributed by atoms with van der Waals surface area (Å²) < 4.78 is 28.0. The first-order chi connectivity index (χ1) is 20.3. The van der Waals surface area contributed by atoms with E-state index in [1.165, 1.54) is 18.6 Å². The summed E-state index contributed by atoms with van der Waals surface area (Å²) in [5, 5.41) is 17.1. The second-order valence-corrected chi connectivity index (χ2v) is 12.8. The van der Waals surface area contributed by atoms with Crippen LogP contribution in [-0.4, -0.2) is 110 Å². The van der Waals surface area contributed by atoms with Crippen LogP contribution >= 0.6 is 0 Å². The molecule has 0 bridgehead atoms. The number of carbonyl (C=O) groups excluding carboxylic acids is 1. The van der Waals surface area contributed by atoms with E-state index in [9.17, 15) is 14.4 Å². The van der Waals surface area contributed by atoms with E-state index in [4.69, 9.17) is 9.47 Å². The summed E-state index contributed by atoms with van der Waals surface area (Å²) in [6, 6.07) is 7.67. The van der Waals surface area contributed by atoms with Crippen molar-refractivity contribution in [2.45, 2.75) is 74.8 Å². The molecule has 1 aromatic rings. The molecule has 1 aromatic carbocycles. The molecule has 0 aromatic heterocycles. The minimum Gasteiger partial charge on any atom is -0.480 e. The third-order valence-corrected chi connectivity index (χ3v) is 10.2. The standard InChI is InChI=1S/C31H44FN7O3/c1-4-27(40)39-16-15-38(18-21(39)11-13-33)29-23-10-12-31(20-37(3)26-9-5-8-24(32)28(26)42-31)17-25(23)34-30(35-29)41-19-22-7-6-14-36(22)2/h4-5,8-9,21-23,25,29-30,34-35H,1,6-7,10-12,14-20H2,2-3H3/t21?,22?,23?,25?,29?,30?,31-/m1/s1. The molecule has 5 aliphatic rings. The molecule has 42 heavy (non-hydrogen) atoms. The molecule has 1 amide bonds. The Balaban J connectivity index is 1.23. The second-order valence-electron chi connectivity index (χ2n) is 12.8. The number of nitriles is 1. The number of para-hydroxylation sites is 1. The van der Waals surface area contributed by atoms with E-state index in [0.717, 1.165) is 37.9 Å². The fourth-order valence-corrected chi connectivity index (χ4v) is 7.96. The van der Waals surface area contributed by atoms with Crippen molar-refractivity contribution in [3.8, 4) is 11.8 Å². The van der Waals surface area contributed by atoms with Crippen LogP contribution in [0.5, 0.6) is 5.75 Å². The molecule has 1 spiro atoms. The van der Waals surface area contributed by atoms with E-state index < -0.39 is 5.60 Å². The van der Waals surface area contributed by atoms with Gasteiger partial charge in [-0.15, -0.1) is 0 Å². The number of carbonyl (C=O) groups is 1. The normalized spacial score (nSPS) is 35.3. The highest BCUT2D eigenvalue weighted by atomic mass is 19.1. The number of rotatable bonds is 6. The molecule has 4 aliphatic heterocycles. The summed E-state index contributed by atoms with van der Waals surface area (Å²) >= 11 is 0. The molecule has 6 unspecified atom stereocenters. The maximum absolute atomic E-state index is 14.9. The van der Waals surface area contributed by atoms with Crippen LogP contribution in [0.4, 0.5) is 10.1 Å². The first kappa shape index (κ1) is 29.3. The zero-order valence-electron chi connectivity index (χ0n) is 24.8. The molecule has 10 nitrogen and oxygen atoms in total. The lowest BCUT2D eigenvalue weighted by Crippen LogP contribution is -2.73. The van der Waals surface area contributed by atoms with Crippen LogP contribution in [0.3, 0.4) is 0 Å². The molecule has 3 saturated heterocycles. The first-order valence-corrected chi connectivity index (χ1v) is 15.4. The van der Waals surface area contributed by atoms with Crippen molar-refractivity contribution in [1.82, 2.24) is 25.3 Å². The Morgan fingerprint density at radius 1 is 1.26 bits per heavy atom. The van der Waals surface area contributed by atoms with Gasteiger partial charge in [0.15, 0.2) is 17.9 Å².